The molecule has 0 bridgehead atoms. The first-order chi connectivity index (χ1) is 14.7. The summed E-state index contributed by atoms with van der Waals surface area (Å²) in [7, 11) is 0. The van der Waals surface area contributed by atoms with E-state index in [4.69, 9.17) is 0 Å². The molecule has 2 nitrogen and oxygen atoms in total. The molecule has 1 aliphatic carbocycles. The molecule has 0 aliphatic heterocycles. The van der Waals surface area contributed by atoms with Gasteiger partial charge in [0.05, 0.1) is 0 Å². The minimum absolute atomic E-state index is 0.0897. The summed E-state index contributed by atoms with van der Waals surface area (Å²) in [5.41, 5.74) is 2.84. The minimum Gasteiger partial charge on any atom is -0.236 e. The van der Waals surface area contributed by atoms with Gasteiger partial charge < -0.3 is 0 Å². The molecule has 30 heavy (non-hydrogen) atoms. The Kier molecular flexibility index (Phi) is 9.29. The van der Waals surface area contributed by atoms with Crippen LogP contribution >= 0.6 is 0 Å². The summed E-state index contributed by atoms with van der Waals surface area (Å²) >= 11 is 0. The van der Waals surface area contributed by atoms with Crippen molar-refractivity contribution in [1.29, 1.82) is 0 Å². The highest BCUT2D eigenvalue weighted by Crippen LogP contribution is 2.39. The van der Waals surface area contributed by atoms with Gasteiger partial charge in [0, 0.05) is 18.0 Å². The van der Waals surface area contributed by atoms with E-state index >= 15 is 0 Å². The van der Waals surface area contributed by atoms with E-state index in [1.54, 1.807) is 6.07 Å². The lowest BCUT2D eigenvalue weighted by Crippen LogP contribution is -2.14. The van der Waals surface area contributed by atoms with E-state index in [0.717, 1.165) is 36.3 Å². The number of halogens is 1. The molecule has 1 aromatic carbocycles. The summed E-state index contributed by atoms with van der Waals surface area (Å²) in [4.78, 5) is 9.02. The predicted molar refractivity (Wildman–Crippen MR) is 124 cm³/mol. The number of aromatic nitrogens is 2. The summed E-state index contributed by atoms with van der Waals surface area (Å²) in [5.74, 6) is 1.75. The van der Waals surface area contributed by atoms with E-state index in [1.807, 2.05) is 24.5 Å². The van der Waals surface area contributed by atoms with Gasteiger partial charge in [-0.2, -0.15) is 0 Å². The van der Waals surface area contributed by atoms with Crippen LogP contribution in [0.5, 0.6) is 0 Å². The van der Waals surface area contributed by atoms with Gasteiger partial charge in [0.2, 0.25) is 0 Å². The van der Waals surface area contributed by atoms with Crippen molar-refractivity contribution < 1.29 is 4.39 Å². The van der Waals surface area contributed by atoms with E-state index in [2.05, 4.69) is 23.8 Å². The molecule has 0 amide bonds. The van der Waals surface area contributed by atoms with Crippen LogP contribution < -0.4 is 0 Å². The van der Waals surface area contributed by atoms with Gasteiger partial charge in [0.15, 0.2) is 5.82 Å². The van der Waals surface area contributed by atoms with E-state index < -0.39 is 0 Å². The maximum Gasteiger partial charge on any atom is 0.159 e. The lowest BCUT2D eigenvalue weighted by atomic mass is 9.77. The second-order valence-electron chi connectivity index (χ2n) is 9.18. The number of unbranched alkanes of at least 4 members (excludes halogenated alkanes) is 5. The maximum atomic E-state index is 14.9. The highest BCUT2D eigenvalue weighted by atomic mass is 19.1. The Balaban J connectivity index is 1.55. The highest BCUT2D eigenvalue weighted by Gasteiger charge is 2.24. The number of aryl methyl sites for hydroxylation is 1. The monoisotopic (exact) mass is 410 g/mol. The van der Waals surface area contributed by atoms with Crippen molar-refractivity contribution in [3.05, 3.63) is 47.5 Å². The molecule has 1 saturated carbocycles. The largest absolute Gasteiger partial charge is 0.236 e. The zero-order valence-electron chi connectivity index (χ0n) is 19.0. The van der Waals surface area contributed by atoms with Crippen molar-refractivity contribution in [2.24, 2.45) is 5.92 Å². The van der Waals surface area contributed by atoms with E-state index in [9.17, 15) is 4.39 Å². The van der Waals surface area contributed by atoms with Crippen LogP contribution in [-0.4, -0.2) is 9.97 Å². The molecule has 0 atom stereocenters. The standard InChI is InChI=1S/C27H39FN2/c1-3-5-7-8-9-11-22-19-29-27(30-20-22)24-16-17-25(26(28)18-24)23-14-12-21(13-15-23)10-6-4-2/h16-21,23H,3-15H2,1-2H3. The third-order valence-corrected chi connectivity index (χ3v) is 6.79. The Morgan fingerprint density at radius 2 is 1.57 bits per heavy atom. The number of hydrogen-bond acceptors (Lipinski definition) is 2. The number of benzene rings is 1. The summed E-state index contributed by atoms with van der Waals surface area (Å²) in [6.45, 7) is 4.50. The molecular formula is C27H39FN2. The molecule has 0 radical (unpaired) electrons. The molecule has 3 rings (SSSR count). The average molecular weight is 411 g/mol. The van der Waals surface area contributed by atoms with Crippen molar-refractivity contribution >= 4 is 0 Å². The zero-order valence-corrected chi connectivity index (χ0v) is 19.0. The minimum atomic E-state index is -0.0897. The summed E-state index contributed by atoms with van der Waals surface area (Å²) in [6.07, 6.45) is 19.9. The lowest BCUT2D eigenvalue weighted by molar-refractivity contribution is 0.301. The fourth-order valence-electron chi connectivity index (χ4n) is 4.82. The fourth-order valence-corrected chi connectivity index (χ4v) is 4.82. The number of nitrogens with zero attached hydrogens (tertiary/aromatic N) is 2. The number of rotatable bonds is 11. The van der Waals surface area contributed by atoms with Gasteiger partial charge in [-0.05, 0) is 67.6 Å². The molecule has 2 aromatic rings. The third-order valence-electron chi connectivity index (χ3n) is 6.79. The Morgan fingerprint density at radius 1 is 0.867 bits per heavy atom. The molecule has 0 unspecified atom stereocenters. The summed E-state index contributed by atoms with van der Waals surface area (Å²) < 4.78 is 14.9. The summed E-state index contributed by atoms with van der Waals surface area (Å²) in [6, 6.07) is 5.62. The van der Waals surface area contributed by atoms with Crippen molar-refractivity contribution in [3.8, 4) is 11.4 Å². The van der Waals surface area contributed by atoms with E-state index in [1.165, 1.54) is 69.8 Å². The second-order valence-corrected chi connectivity index (χ2v) is 9.18. The molecule has 0 spiro atoms. The first-order valence-electron chi connectivity index (χ1n) is 12.3. The van der Waals surface area contributed by atoms with Gasteiger partial charge in [0.25, 0.3) is 0 Å². The average Bonchev–Trinajstić information content (AvgIpc) is 2.78. The Labute approximate surface area is 182 Å². The smallest absolute Gasteiger partial charge is 0.159 e. The quantitative estimate of drug-likeness (QED) is 0.348. The van der Waals surface area contributed by atoms with Crippen LogP contribution in [0, 0.1) is 11.7 Å². The summed E-state index contributed by atoms with van der Waals surface area (Å²) in [5, 5.41) is 0. The van der Waals surface area contributed by atoms with Gasteiger partial charge in [-0.25, -0.2) is 14.4 Å². The maximum absolute atomic E-state index is 14.9. The van der Waals surface area contributed by atoms with Crippen molar-refractivity contribution in [3.63, 3.8) is 0 Å². The van der Waals surface area contributed by atoms with Crippen LogP contribution in [0.3, 0.4) is 0 Å². The van der Waals surface area contributed by atoms with Crippen LogP contribution in [0.25, 0.3) is 11.4 Å². The first kappa shape index (κ1) is 22.9. The van der Waals surface area contributed by atoms with Gasteiger partial charge >= 0.3 is 0 Å². The van der Waals surface area contributed by atoms with Crippen LogP contribution in [0.4, 0.5) is 4.39 Å². The predicted octanol–water partition coefficient (Wildman–Crippen LogP) is 8.26. The molecule has 1 heterocycles. The lowest BCUT2D eigenvalue weighted by Gasteiger charge is -2.29. The second kappa shape index (κ2) is 12.2. The van der Waals surface area contributed by atoms with Gasteiger partial charge in [0.1, 0.15) is 5.82 Å². The van der Waals surface area contributed by atoms with Crippen molar-refractivity contribution in [2.75, 3.05) is 0 Å². The van der Waals surface area contributed by atoms with Crippen LogP contribution in [0.1, 0.15) is 108 Å². The number of hydrogen-bond donors (Lipinski definition) is 0. The van der Waals surface area contributed by atoms with E-state index in [0.29, 0.717) is 11.7 Å². The SMILES string of the molecule is CCCCCCCc1cnc(-c2ccc(C3CCC(CCCC)CC3)c(F)c2)nc1. The topological polar surface area (TPSA) is 25.8 Å². The Bertz CT molecular complexity index is 748. The van der Waals surface area contributed by atoms with Crippen molar-refractivity contribution in [1.82, 2.24) is 9.97 Å². The first-order valence-corrected chi connectivity index (χ1v) is 12.3. The molecule has 0 saturated heterocycles. The molecule has 1 fully saturated rings. The molecule has 0 N–H and O–H groups in total. The Morgan fingerprint density at radius 3 is 2.23 bits per heavy atom. The molecule has 1 aromatic heterocycles. The third kappa shape index (κ3) is 6.62. The van der Waals surface area contributed by atoms with E-state index in [-0.39, 0.29) is 5.82 Å². The fraction of sp³-hybridized carbons (Fsp3) is 0.630. The van der Waals surface area contributed by atoms with Gasteiger partial charge in [-0.1, -0.05) is 70.9 Å². The van der Waals surface area contributed by atoms with Gasteiger partial charge in [-0.3, -0.25) is 0 Å². The molecule has 164 valence electrons. The molecule has 3 heteroatoms. The normalized spacial score (nSPS) is 19.2. The molecular weight excluding hydrogens is 371 g/mol. The highest BCUT2D eigenvalue weighted by molar-refractivity contribution is 5.55. The van der Waals surface area contributed by atoms with Crippen LogP contribution in [0.15, 0.2) is 30.6 Å². The zero-order chi connectivity index (χ0) is 21.2. The van der Waals surface area contributed by atoms with Crippen LogP contribution in [-0.2, 0) is 6.42 Å². The van der Waals surface area contributed by atoms with Crippen molar-refractivity contribution in [2.45, 2.75) is 103 Å². The molecule has 1 aliphatic rings. The van der Waals surface area contributed by atoms with Crippen LogP contribution in [0.2, 0.25) is 0 Å². The Hall–Kier alpha value is -1.77. The van der Waals surface area contributed by atoms with Gasteiger partial charge in [-0.15, -0.1) is 0 Å².